The van der Waals surface area contributed by atoms with Crippen LogP contribution in [-0.4, -0.2) is 37.2 Å². The first kappa shape index (κ1) is 58.1. The van der Waals surface area contributed by atoms with Crippen LogP contribution in [0.15, 0.2) is 12.2 Å². The second-order valence-electron chi connectivity index (χ2n) is 18.2. The zero-order valence-electron chi connectivity index (χ0n) is 40.5. The molecule has 0 aromatic rings. The zero-order valence-corrected chi connectivity index (χ0v) is 40.5. The van der Waals surface area contributed by atoms with Gasteiger partial charge >= 0.3 is 17.9 Å². The molecule has 60 heavy (non-hydrogen) atoms. The summed E-state index contributed by atoms with van der Waals surface area (Å²) in [6, 6.07) is 0. The van der Waals surface area contributed by atoms with Crippen LogP contribution in [0.1, 0.15) is 297 Å². The van der Waals surface area contributed by atoms with Crippen LogP contribution in [0.3, 0.4) is 0 Å². The van der Waals surface area contributed by atoms with E-state index in [1.54, 1.807) is 0 Å². The fourth-order valence-electron chi connectivity index (χ4n) is 7.97. The molecule has 0 saturated heterocycles. The number of unbranched alkanes of at least 4 members (excludes halogenated alkanes) is 36. The highest BCUT2D eigenvalue weighted by Crippen LogP contribution is 2.16. The van der Waals surface area contributed by atoms with Gasteiger partial charge in [0.2, 0.25) is 0 Å². The molecule has 6 heteroatoms. The standard InChI is InChI=1S/C54H102O6/c1-4-7-10-13-16-19-22-25-27-29-32-34-37-40-43-46-52(55)58-49-51(60-54(57)48-45-42-39-36-31-24-21-18-15-12-9-6-3)50-59-53(56)47-44-41-38-35-33-30-28-26-23-20-17-14-11-8-5-2/h19,22,51H,4-18,20-21,23-50H2,1-3H3/b22-19-/t51-/m1/s1. The molecular formula is C54H102O6. The van der Waals surface area contributed by atoms with Gasteiger partial charge in [-0.05, 0) is 44.9 Å². The summed E-state index contributed by atoms with van der Waals surface area (Å²) in [6.07, 6.45) is 54.7. The van der Waals surface area contributed by atoms with E-state index < -0.39 is 6.10 Å². The van der Waals surface area contributed by atoms with Gasteiger partial charge in [0, 0.05) is 19.3 Å². The fourth-order valence-corrected chi connectivity index (χ4v) is 7.97. The van der Waals surface area contributed by atoms with Crippen molar-refractivity contribution in [2.45, 2.75) is 303 Å². The maximum Gasteiger partial charge on any atom is 0.306 e. The summed E-state index contributed by atoms with van der Waals surface area (Å²) in [5, 5.41) is 0. The van der Waals surface area contributed by atoms with Crippen LogP contribution in [-0.2, 0) is 28.6 Å². The molecule has 0 aliphatic heterocycles. The van der Waals surface area contributed by atoms with E-state index in [0.717, 1.165) is 57.8 Å². The molecule has 354 valence electrons. The molecule has 0 fully saturated rings. The van der Waals surface area contributed by atoms with Crippen LogP contribution in [0.4, 0.5) is 0 Å². The Morgan fingerprint density at radius 3 is 0.850 bits per heavy atom. The minimum Gasteiger partial charge on any atom is -0.462 e. The minimum absolute atomic E-state index is 0.0657. The molecule has 0 rings (SSSR count). The summed E-state index contributed by atoms with van der Waals surface area (Å²) < 4.78 is 16.8. The van der Waals surface area contributed by atoms with Crippen molar-refractivity contribution >= 4 is 17.9 Å². The van der Waals surface area contributed by atoms with Gasteiger partial charge in [-0.1, -0.05) is 245 Å². The number of carbonyl (C=O) groups is 3. The van der Waals surface area contributed by atoms with Gasteiger partial charge in [0.25, 0.3) is 0 Å². The summed E-state index contributed by atoms with van der Waals surface area (Å²) in [5.74, 6) is -0.852. The van der Waals surface area contributed by atoms with Crippen LogP contribution in [0, 0.1) is 0 Å². The molecule has 0 aromatic heterocycles. The van der Waals surface area contributed by atoms with Gasteiger partial charge in [-0.25, -0.2) is 0 Å². The van der Waals surface area contributed by atoms with Crippen LogP contribution < -0.4 is 0 Å². The van der Waals surface area contributed by atoms with Gasteiger partial charge in [0.05, 0.1) is 0 Å². The summed E-state index contributed by atoms with van der Waals surface area (Å²) in [6.45, 7) is 6.66. The Morgan fingerprint density at radius 1 is 0.317 bits per heavy atom. The largest absolute Gasteiger partial charge is 0.462 e. The van der Waals surface area contributed by atoms with Crippen molar-refractivity contribution in [1.82, 2.24) is 0 Å². The van der Waals surface area contributed by atoms with Crippen molar-refractivity contribution in [3.05, 3.63) is 12.2 Å². The molecule has 0 spiro atoms. The highest BCUT2D eigenvalue weighted by atomic mass is 16.6. The molecule has 0 aliphatic rings. The predicted octanol–water partition coefficient (Wildman–Crippen LogP) is 17.4. The van der Waals surface area contributed by atoms with Crippen LogP contribution in [0.25, 0.3) is 0 Å². The highest BCUT2D eigenvalue weighted by Gasteiger charge is 2.19. The molecule has 0 N–H and O–H groups in total. The maximum absolute atomic E-state index is 12.8. The first-order valence-electron chi connectivity index (χ1n) is 26.7. The summed E-state index contributed by atoms with van der Waals surface area (Å²) >= 11 is 0. The number of ether oxygens (including phenoxy) is 3. The number of rotatable bonds is 49. The topological polar surface area (TPSA) is 78.9 Å². The second-order valence-corrected chi connectivity index (χ2v) is 18.2. The smallest absolute Gasteiger partial charge is 0.306 e. The van der Waals surface area contributed by atoms with Gasteiger partial charge < -0.3 is 14.2 Å². The first-order valence-corrected chi connectivity index (χ1v) is 26.7. The second kappa shape index (κ2) is 49.8. The molecular weight excluding hydrogens is 745 g/mol. The Bertz CT molecular complexity index is 931. The Kier molecular flexibility index (Phi) is 48.3. The van der Waals surface area contributed by atoms with Crippen LogP contribution in [0.5, 0.6) is 0 Å². The van der Waals surface area contributed by atoms with Gasteiger partial charge in [0.15, 0.2) is 6.10 Å². The van der Waals surface area contributed by atoms with Crippen LogP contribution >= 0.6 is 0 Å². The lowest BCUT2D eigenvalue weighted by atomic mass is 10.0. The lowest BCUT2D eigenvalue weighted by Crippen LogP contribution is -2.30. The molecule has 0 unspecified atom stereocenters. The van der Waals surface area contributed by atoms with E-state index in [1.807, 2.05) is 0 Å². The Morgan fingerprint density at radius 2 is 0.550 bits per heavy atom. The van der Waals surface area contributed by atoms with Crippen molar-refractivity contribution in [1.29, 1.82) is 0 Å². The number of carbonyl (C=O) groups excluding carboxylic acids is 3. The minimum atomic E-state index is -0.764. The Labute approximate surface area is 373 Å². The first-order chi connectivity index (χ1) is 29.5. The number of hydrogen-bond donors (Lipinski definition) is 0. The summed E-state index contributed by atoms with van der Waals surface area (Å²) in [7, 11) is 0. The number of allylic oxidation sites excluding steroid dienone is 2. The predicted molar refractivity (Wildman–Crippen MR) is 256 cm³/mol. The van der Waals surface area contributed by atoms with E-state index in [1.165, 1.54) is 199 Å². The third kappa shape index (κ3) is 47.2. The lowest BCUT2D eigenvalue weighted by molar-refractivity contribution is -0.167. The molecule has 1 atom stereocenters. The van der Waals surface area contributed by atoms with Crippen molar-refractivity contribution < 1.29 is 28.6 Å². The third-order valence-electron chi connectivity index (χ3n) is 12.0. The lowest BCUT2D eigenvalue weighted by Gasteiger charge is -2.18. The van der Waals surface area contributed by atoms with Crippen molar-refractivity contribution in [3.63, 3.8) is 0 Å². The SMILES string of the molecule is CCCCCC/C=C\CCCCCCCCCC(=O)OC[C@H](COC(=O)CCCCCCCCCCCCCCCCC)OC(=O)CCCCCCCCCCCCCC. The van der Waals surface area contributed by atoms with Crippen molar-refractivity contribution in [3.8, 4) is 0 Å². The summed E-state index contributed by atoms with van der Waals surface area (Å²) in [4.78, 5) is 38.0. The van der Waals surface area contributed by atoms with E-state index in [9.17, 15) is 14.4 Å². The molecule has 0 heterocycles. The quantitative estimate of drug-likeness (QED) is 0.0263. The van der Waals surface area contributed by atoms with E-state index in [0.29, 0.717) is 19.3 Å². The van der Waals surface area contributed by atoms with E-state index in [2.05, 4.69) is 32.9 Å². The number of esters is 3. The third-order valence-corrected chi connectivity index (χ3v) is 12.0. The number of hydrogen-bond acceptors (Lipinski definition) is 6. The Hall–Kier alpha value is -1.85. The van der Waals surface area contributed by atoms with E-state index in [4.69, 9.17) is 14.2 Å². The highest BCUT2D eigenvalue weighted by molar-refractivity contribution is 5.71. The normalized spacial score (nSPS) is 12.0. The fraction of sp³-hybridized carbons (Fsp3) is 0.907. The Balaban J connectivity index is 4.31. The molecule has 0 saturated carbocycles. The molecule has 0 bridgehead atoms. The zero-order chi connectivity index (χ0) is 43.7. The average Bonchev–Trinajstić information content (AvgIpc) is 3.24. The van der Waals surface area contributed by atoms with Gasteiger partial charge in [-0.15, -0.1) is 0 Å². The molecule has 0 aliphatic carbocycles. The van der Waals surface area contributed by atoms with Gasteiger partial charge in [-0.2, -0.15) is 0 Å². The monoisotopic (exact) mass is 847 g/mol. The van der Waals surface area contributed by atoms with Crippen LogP contribution in [0.2, 0.25) is 0 Å². The molecule has 0 aromatic carbocycles. The van der Waals surface area contributed by atoms with E-state index >= 15 is 0 Å². The maximum atomic E-state index is 12.8. The van der Waals surface area contributed by atoms with Crippen molar-refractivity contribution in [2.24, 2.45) is 0 Å². The van der Waals surface area contributed by atoms with Crippen molar-refractivity contribution in [2.75, 3.05) is 13.2 Å². The summed E-state index contributed by atoms with van der Waals surface area (Å²) in [5.41, 5.74) is 0. The molecule has 0 amide bonds. The molecule has 6 nitrogen and oxygen atoms in total. The molecule has 0 radical (unpaired) electrons. The van der Waals surface area contributed by atoms with Gasteiger partial charge in [0.1, 0.15) is 13.2 Å². The van der Waals surface area contributed by atoms with E-state index in [-0.39, 0.29) is 31.1 Å². The average molecular weight is 847 g/mol. The van der Waals surface area contributed by atoms with Gasteiger partial charge in [-0.3, -0.25) is 14.4 Å².